The average molecular weight is 228 g/mol. The maximum absolute atomic E-state index is 10.7. The standard InChI is InChI=1S/C12H24N2O2/c1-8(2)7-16-10-5-9(12(10,3)4)14-6-11(13)15/h8-10,14H,5-7H2,1-4H3,(H2,13,15). The fourth-order valence-corrected chi connectivity index (χ4v) is 2.05. The van der Waals surface area contributed by atoms with Crippen molar-refractivity contribution in [3.63, 3.8) is 0 Å². The summed E-state index contributed by atoms with van der Waals surface area (Å²) in [5.41, 5.74) is 5.20. The summed E-state index contributed by atoms with van der Waals surface area (Å²) >= 11 is 0. The second-order valence-corrected chi connectivity index (χ2v) is 5.67. The van der Waals surface area contributed by atoms with Crippen LogP contribution in [0.2, 0.25) is 0 Å². The van der Waals surface area contributed by atoms with Gasteiger partial charge in [-0.3, -0.25) is 4.79 Å². The lowest BCUT2D eigenvalue weighted by Crippen LogP contribution is -2.62. The summed E-state index contributed by atoms with van der Waals surface area (Å²) in [5.74, 6) is 0.260. The van der Waals surface area contributed by atoms with E-state index in [2.05, 4.69) is 33.0 Å². The molecule has 16 heavy (non-hydrogen) atoms. The van der Waals surface area contributed by atoms with Crippen molar-refractivity contribution in [3.05, 3.63) is 0 Å². The van der Waals surface area contributed by atoms with Crippen LogP contribution in [-0.2, 0) is 9.53 Å². The lowest BCUT2D eigenvalue weighted by atomic mass is 9.64. The highest BCUT2D eigenvalue weighted by atomic mass is 16.5. The molecule has 2 unspecified atom stereocenters. The van der Waals surface area contributed by atoms with Crippen LogP contribution in [0.4, 0.5) is 0 Å². The van der Waals surface area contributed by atoms with Gasteiger partial charge in [0.1, 0.15) is 0 Å². The zero-order valence-corrected chi connectivity index (χ0v) is 10.7. The van der Waals surface area contributed by atoms with Crippen LogP contribution in [0.15, 0.2) is 0 Å². The summed E-state index contributed by atoms with van der Waals surface area (Å²) in [6, 6.07) is 0.331. The second-order valence-electron chi connectivity index (χ2n) is 5.67. The van der Waals surface area contributed by atoms with Crippen LogP contribution in [0.1, 0.15) is 34.1 Å². The van der Waals surface area contributed by atoms with E-state index in [1.54, 1.807) is 0 Å². The minimum absolute atomic E-state index is 0.0876. The number of nitrogens with two attached hydrogens (primary N) is 1. The van der Waals surface area contributed by atoms with Gasteiger partial charge in [-0.2, -0.15) is 0 Å². The molecule has 1 rings (SSSR count). The molecular weight excluding hydrogens is 204 g/mol. The molecule has 1 aliphatic carbocycles. The Morgan fingerprint density at radius 1 is 1.56 bits per heavy atom. The highest BCUT2D eigenvalue weighted by Gasteiger charge is 2.48. The minimum Gasteiger partial charge on any atom is -0.377 e. The zero-order valence-electron chi connectivity index (χ0n) is 10.7. The molecule has 0 radical (unpaired) electrons. The van der Waals surface area contributed by atoms with Gasteiger partial charge < -0.3 is 15.8 Å². The Morgan fingerprint density at radius 2 is 2.19 bits per heavy atom. The van der Waals surface area contributed by atoms with Gasteiger partial charge in [-0.25, -0.2) is 0 Å². The zero-order chi connectivity index (χ0) is 12.3. The Bertz CT molecular complexity index is 251. The van der Waals surface area contributed by atoms with Gasteiger partial charge in [0.05, 0.1) is 12.6 Å². The van der Waals surface area contributed by atoms with Gasteiger partial charge in [-0.15, -0.1) is 0 Å². The Morgan fingerprint density at radius 3 is 2.62 bits per heavy atom. The molecule has 4 heteroatoms. The lowest BCUT2D eigenvalue weighted by molar-refractivity contribution is -0.128. The first-order chi connectivity index (χ1) is 7.34. The molecule has 4 nitrogen and oxygen atoms in total. The molecule has 94 valence electrons. The normalized spacial score (nSPS) is 27.8. The van der Waals surface area contributed by atoms with E-state index in [0.29, 0.717) is 18.1 Å². The van der Waals surface area contributed by atoms with Gasteiger partial charge in [0.15, 0.2) is 0 Å². The second kappa shape index (κ2) is 5.15. The topological polar surface area (TPSA) is 64.3 Å². The summed E-state index contributed by atoms with van der Waals surface area (Å²) < 4.78 is 5.84. The maximum Gasteiger partial charge on any atom is 0.231 e. The van der Waals surface area contributed by atoms with Crippen molar-refractivity contribution < 1.29 is 9.53 Å². The van der Waals surface area contributed by atoms with Gasteiger partial charge >= 0.3 is 0 Å². The van der Waals surface area contributed by atoms with Gasteiger partial charge in [0.2, 0.25) is 5.91 Å². The van der Waals surface area contributed by atoms with Gasteiger partial charge in [0, 0.05) is 18.1 Å². The molecule has 2 atom stereocenters. The predicted molar refractivity (Wildman–Crippen MR) is 64.0 cm³/mol. The molecule has 0 spiro atoms. The Labute approximate surface area is 97.9 Å². The number of rotatable bonds is 6. The van der Waals surface area contributed by atoms with Gasteiger partial charge in [-0.1, -0.05) is 27.7 Å². The van der Waals surface area contributed by atoms with E-state index in [-0.39, 0.29) is 17.9 Å². The molecule has 1 fully saturated rings. The van der Waals surface area contributed by atoms with Crippen LogP contribution < -0.4 is 11.1 Å². The number of amides is 1. The number of ether oxygens (including phenoxy) is 1. The van der Waals surface area contributed by atoms with Crippen molar-refractivity contribution in [2.45, 2.75) is 46.3 Å². The van der Waals surface area contributed by atoms with Crippen molar-refractivity contribution in [3.8, 4) is 0 Å². The SMILES string of the molecule is CC(C)COC1CC(NCC(N)=O)C1(C)C. The molecule has 0 saturated heterocycles. The predicted octanol–water partition coefficient (Wildman–Crippen LogP) is 0.901. The number of hydrogen-bond donors (Lipinski definition) is 2. The molecule has 3 N–H and O–H groups in total. The van der Waals surface area contributed by atoms with E-state index >= 15 is 0 Å². The number of carbonyl (C=O) groups excluding carboxylic acids is 1. The Hall–Kier alpha value is -0.610. The van der Waals surface area contributed by atoms with Gasteiger partial charge in [0.25, 0.3) is 0 Å². The first kappa shape index (κ1) is 13.5. The van der Waals surface area contributed by atoms with Crippen molar-refractivity contribution >= 4 is 5.91 Å². The Kier molecular flexibility index (Phi) is 4.33. The van der Waals surface area contributed by atoms with Crippen LogP contribution in [0.25, 0.3) is 0 Å². The van der Waals surface area contributed by atoms with E-state index in [1.807, 2.05) is 0 Å². The van der Waals surface area contributed by atoms with Crippen LogP contribution in [-0.4, -0.2) is 31.2 Å². The van der Waals surface area contributed by atoms with E-state index in [0.717, 1.165) is 13.0 Å². The molecule has 0 bridgehead atoms. The van der Waals surface area contributed by atoms with Crippen LogP contribution in [0.3, 0.4) is 0 Å². The highest BCUT2D eigenvalue weighted by Crippen LogP contribution is 2.42. The molecule has 1 aliphatic rings. The maximum atomic E-state index is 10.7. The number of nitrogens with one attached hydrogen (secondary N) is 1. The number of carbonyl (C=O) groups is 1. The molecule has 0 aromatic rings. The van der Waals surface area contributed by atoms with E-state index in [9.17, 15) is 4.79 Å². The van der Waals surface area contributed by atoms with E-state index in [1.165, 1.54) is 0 Å². The fraction of sp³-hybridized carbons (Fsp3) is 0.917. The fourth-order valence-electron chi connectivity index (χ4n) is 2.05. The third-order valence-corrected chi connectivity index (χ3v) is 3.33. The van der Waals surface area contributed by atoms with Crippen molar-refractivity contribution in [2.24, 2.45) is 17.1 Å². The minimum atomic E-state index is -0.303. The van der Waals surface area contributed by atoms with Gasteiger partial charge in [-0.05, 0) is 12.3 Å². The number of primary amides is 1. The monoisotopic (exact) mass is 228 g/mol. The molecule has 1 amide bonds. The molecule has 1 saturated carbocycles. The van der Waals surface area contributed by atoms with Crippen molar-refractivity contribution in [2.75, 3.05) is 13.2 Å². The van der Waals surface area contributed by atoms with Crippen molar-refractivity contribution in [1.82, 2.24) is 5.32 Å². The summed E-state index contributed by atoms with van der Waals surface area (Å²) in [7, 11) is 0. The highest BCUT2D eigenvalue weighted by molar-refractivity contribution is 5.75. The van der Waals surface area contributed by atoms with Crippen LogP contribution in [0, 0.1) is 11.3 Å². The smallest absolute Gasteiger partial charge is 0.231 e. The summed E-state index contributed by atoms with van der Waals surface area (Å²) in [5, 5.41) is 3.17. The first-order valence-electron chi connectivity index (χ1n) is 5.97. The summed E-state index contributed by atoms with van der Waals surface area (Å²) in [6.45, 7) is 9.69. The van der Waals surface area contributed by atoms with Crippen LogP contribution in [0.5, 0.6) is 0 Å². The van der Waals surface area contributed by atoms with Crippen molar-refractivity contribution in [1.29, 1.82) is 0 Å². The molecular formula is C12H24N2O2. The summed E-state index contributed by atoms with van der Waals surface area (Å²) in [4.78, 5) is 10.7. The number of hydrogen-bond acceptors (Lipinski definition) is 3. The Balaban J connectivity index is 2.32. The summed E-state index contributed by atoms with van der Waals surface area (Å²) in [6.07, 6.45) is 1.26. The van der Waals surface area contributed by atoms with E-state index < -0.39 is 0 Å². The average Bonchev–Trinajstić information content (AvgIpc) is 2.14. The molecule has 0 aromatic carbocycles. The van der Waals surface area contributed by atoms with Crippen LogP contribution >= 0.6 is 0 Å². The largest absolute Gasteiger partial charge is 0.377 e. The molecule has 0 aliphatic heterocycles. The molecule has 0 aromatic heterocycles. The molecule has 0 heterocycles. The quantitative estimate of drug-likeness (QED) is 0.710. The third kappa shape index (κ3) is 3.19. The lowest BCUT2D eigenvalue weighted by Gasteiger charge is -2.52. The first-order valence-corrected chi connectivity index (χ1v) is 5.97. The van der Waals surface area contributed by atoms with E-state index in [4.69, 9.17) is 10.5 Å². The third-order valence-electron chi connectivity index (χ3n) is 3.33.